The van der Waals surface area contributed by atoms with E-state index in [1.54, 1.807) is 0 Å². The zero-order valence-electron chi connectivity index (χ0n) is 7.12. The zero-order valence-corrected chi connectivity index (χ0v) is 7.12. The van der Waals surface area contributed by atoms with Gasteiger partial charge in [-0.25, -0.2) is 0 Å². The van der Waals surface area contributed by atoms with Crippen molar-refractivity contribution in [3.8, 4) is 0 Å². The van der Waals surface area contributed by atoms with E-state index in [-0.39, 0.29) is 12.1 Å². The summed E-state index contributed by atoms with van der Waals surface area (Å²) in [5.41, 5.74) is -0.301. The van der Waals surface area contributed by atoms with Crippen LogP contribution in [-0.2, 0) is 9.53 Å². The molecule has 0 amide bonds. The van der Waals surface area contributed by atoms with Crippen LogP contribution in [0.4, 0.5) is 0 Å². The van der Waals surface area contributed by atoms with Gasteiger partial charge in [-0.3, -0.25) is 4.79 Å². The fraction of sp³-hybridized carbons (Fsp3) is 0.444. The van der Waals surface area contributed by atoms with Gasteiger partial charge in [-0.05, 0) is 18.2 Å². The third-order valence-corrected chi connectivity index (χ3v) is 2.22. The number of carboxylic acid groups (broad SMARTS) is 1. The van der Waals surface area contributed by atoms with Crippen molar-refractivity contribution in [2.75, 3.05) is 13.1 Å². The predicted molar refractivity (Wildman–Crippen MR) is 46.2 cm³/mol. The SMILES string of the molecule is O=C(O)CNCC12C=CC(=CC1)O2. The lowest BCUT2D eigenvalue weighted by atomic mass is 9.99. The summed E-state index contributed by atoms with van der Waals surface area (Å²) in [6, 6.07) is 0. The molecule has 0 aliphatic carbocycles. The molecule has 0 aromatic rings. The molecule has 0 saturated carbocycles. The van der Waals surface area contributed by atoms with E-state index in [4.69, 9.17) is 9.84 Å². The second-order valence-corrected chi connectivity index (χ2v) is 3.31. The highest BCUT2D eigenvalue weighted by Gasteiger charge is 2.37. The standard InChI is InChI=1S/C9H11NO3/c11-8(12)5-10-6-9-3-1-7(13-9)2-4-9/h1-3,10H,4-6H2,(H,11,12). The van der Waals surface area contributed by atoms with E-state index in [2.05, 4.69) is 5.32 Å². The van der Waals surface area contributed by atoms with Crippen molar-refractivity contribution < 1.29 is 14.6 Å². The van der Waals surface area contributed by atoms with E-state index in [9.17, 15) is 4.79 Å². The van der Waals surface area contributed by atoms with Gasteiger partial charge in [0.2, 0.25) is 0 Å². The Bertz CT molecular complexity index is 295. The van der Waals surface area contributed by atoms with Gasteiger partial charge >= 0.3 is 5.97 Å². The molecule has 4 heteroatoms. The van der Waals surface area contributed by atoms with E-state index in [0.29, 0.717) is 6.54 Å². The number of ether oxygens (including phenoxy) is 1. The van der Waals surface area contributed by atoms with Crippen molar-refractivity contribution in [3.05, 3.63) is 24.0 Å². The summed E-state index contributed by atoms with van der Waals surface area (Å²) in [7, 11) is 0. The number of carbonyl (C=O) groups is 1. The van der Waals surface area contributed by atoms with E-state index in [1.807, 2.05) is 18.2 Å². The maximum absolute atomic E-state index is 10.2. The van der Waals surface area contributed by atoms with Gasteiger partial charge in [0, 0.05) is 13.0 Å². The number of rotatable bonds is 4. The van der Waals surface area contributed by atoms with Crippen LogP contribution >= 0.6 is 0 Å². The molecule has 2 rings (SSSR count). The highest BCUT2D eigenvalue weighted by Crippen LogP contribution is 2.35. The summed E-state index contributed by atoms with van der Waals surface area (Å²) >= 11 is 0. The normalized spacial score (nSPS) is 28.8. The minimum absolute atomic E-state index is 0.0196. The predicted octanol–water partition coefficient (Wildman–Crippen LogP) is 0.273. The van der Waals surface area contributed by atoms with E-state index in [1.165, 1.54) is 0 Å². The summed E-state index contributed by atoms with van der Waals surface area (Å²) in [5.74, 6) is 0.0571. The van der Waals surface area contributed by atoms with Gasteiger partial charge in [0.05, 0.1) is 6.54 Å². The van der Waals surface area contributed by atoms with Crippen molar-refractivity contribution in [2.24, 2.45) is 0 Å². The Hall–Kier alpha value is -1.29. The lowest BCUT2D eigenvalue weighted by Crippen LogP contribution is -2.39. The molecule has 4 nitrogen and oxygen atoms in total. The molecule has 2 heterocycles. The average molecular weight is 181 g/mol. The molecule has 2 aliphatic rings. The molecule has 2 aliphatic heterocycles. The van der Waals surface area contributed by atoms with Gasteiger partial charge < -0.3 is 15.2 Å². The molecule has 2 bridgehead atoms. The molecule has 0 spiro atoms. The smallest absolute Gasteiger partial charge is 0.317 e. The average Bonchev–Trinajstić information content (AvgIpc) is 2.62. The number of allylic oxidation sites excluding steroid dienone is 1. The van der Waals surface area contributed by atoms with Crippen LogP contribution < -0.4 is 5.32 Å². The van der Waals surface area contributed by atoms with Gasteiger partial charge in [0.25, 0.3) is 0 Å². The highest BCUT2D eigenvalue weighted by atomic mass is 16.5. The van der Waals surface area contributed by atoms with Crippen LogP contribution in [0.2, 0.25) is 0 Å². The van der Waals surface area contributed by atoms with Crippen molar-refractivity contribution in [2.45, 2.75) is 12.0 Å². The summed E-state index contributed by atoms with van der Waals surface area (Å²) in [6.07, 6.45) is 6.76. The minimum atomic E-state index is -0.843. The minimum Gasteiger partial charge on any atom is -0.482 e. The number of fused-ring (bicyclic) bond motifs is 2. The van der Waals surface area contributed by atoms with Gasteiger partial charge in [-0.2, -0.15) is 0 Å². The van der Waals surface area contributed by atoms with Crippen LogP contribution in [0, 0.1) is 0 Å². The van der Waals surface area contributed by atoms with Gasteiger partial charge in [-0.1, -0.05) is 0 Å². The van der Waals surface area contributed by atoms with Crippen LogP contribution in [0.25, 0.3) is 0 Å². The number of hydrogen-bond acceptors (Lipinski definition) is 3. The molecule has 0 fully saturated rings. The largest absolute Gasteiger partial charge is 0.482 e. The first kappa shape index (κ1) is 8.31. The zero-order chi connectivity index (χ0) is 9.31. The van der Waals surface area contributed by atoms with Crippen molar-refractivity contribution >= 4 is 5.97 Å². The summed E-state index contributed by atoms with van der Waals surface area (Å²) < 4.78 is 5.54. The quantitative estimate of drug-likeness (QED) is 0.653. The molecule has 0 aromatic heterocycles. The maximum Gasteiger partial charge on any atom is 0.317 e. The molecular formula is C9H11NO3. The molecule has 2 N–H and O–H groups in total. The Morgan fingerprint density at radius 2 is 2.62 bits per heavy atom. The van der Waals surface area contributed by atoms with Crippen LogP contribution in [-0.4, -0.2) is 29.8 Å². The first-order chi connectivity index (χ1) is 6.20. The van der Waals surface area contributed by atoms with E-state index in [0.717, 1.165) is 12.2 Å². The van der Waals surface area contributed by atoms with Gasteiger partial charge in [0.15, 0.2) is 0 Å². The highest BCUT2D eigenvalue weighted by molar-refractivity contribution is 5.69. The second kappa shape index (κ2) is 2.88. The number of hydrogen-bond donors (Lipinski definition) is 2. The van der Waals surface area contributed by atoms with Crippen molar-refractivity contribution in [3.63, 3.8) is 0 Å². The molecule has 13 heavy (non-hydrogen) atoms. The van der Waals surface area contributed by atoms with Crippen LogP contribution in [0.3, 0.4) is 0 Å². The monoisotopic (exact) mass is 181 g/mol. The summed E-state index contributed by atoms with van der Waals surface area (Å²) in [5, 5.41) is 11.3. The number of aliphatic carboxylic acids is 1. The summed E-state index contributed by atoms with van der Waals surface area (Å²) in [4.78, 5) is 10.2. The number of carboxylic acids is 1. The lowest BCUT2D eigenvalue weighted by Gasteiger charge is -2.22. The third-order valence-electron chi connectivity index (χ3n) is 2.22. The first-order valence-corrected chi connectivity index (χ1v) is 4.21. The third kappa shape index (κ3) is 1.58. The van der Waals surface area contributed by atoms with Crippen molar-refractivity contribution in [1.29, 1.82) is 0 Å². The van der Waals surface area contributed by atoms with Crippen molar-refractivity contribution in [1.82, 2.24) is 5.32 Å². The maximum atomic E-state index is 10.2. The Morgan fingerprint density at radius 1 is 1.77 bits per heavy atom. The number of nitrogens with one attached hydrogen (secondary N) is 1. The van der Waals surface area contributed by atoms with Gasteiger partial charge in [0.1, 0.15) is 11.4 Å². The first-order valence-electron chi connectivity index (χ1n) is 4.21. The molecule has 1 atom stereocenters. The molecule has 0 aromatic carbocycles. The van der Waals surface area contributed by atoms with E-state index >= 15 is 0 Å². The second-order valence-electron chi connectivity index (χ2n) is 3.31. The summed E-state index contributed by atoms with van der Waals surface area (Å²) in [6.45, 7) is 0.532. The van der Waals surface area contributed by atoms with Crippen LogP contribution in [0.5, 0.6) is 0 Å². The molecular weight excluding hydrogens is 170 g/mol. The fourth-order valence-corrected chi connectivity index (χ4v) is 1.58. The molecule has 70 valence electrons. The van der Waals surface area contributed by atoms with Gasteiger partial charge in [-0.15, -0.1) is 0 Å². The Labute approximate surface area is 75.9 Å². The van der Waals surface area contributed by atoms with Crippen LogP contribution in [0.1, 0.15) is 6.42 Å². The lowest BCUT2D eigenvalue weighted by molar-refractivity contribution is -0.136. The molecule has 1 unspecified atom stereocenters. The fourth-order valence-electron chi connectivity index (χ4n) is 1.58. The Kier molecular flexibility index (Phi) is 1.84. The van der Waals surface area contributed by atoms with E-state index < -0.39 is 5.97 Å². The Balaban J connectivity index is 1.83. The Morgan fingerprint density at radius 3 is 3.08 bits per heavy atom. The topological polar surface area (TPSA) is 58.6 Å². The van der Waals surface area contributed by atoms with Crippen LogP contribution in [0.15, 0.2) is 24.0 Å². The molecule has 0 saturated heterocycles. The molecule has 0 radical (unpaired) electrons.